The standard InChI is InChI=1S/C20H30N4O5/c1-5-14-21-15(29-23-14)12-28-16(25)11-24-17(26)20(22-18(24)27)9-7-13(8-10-20)19(3,4)6-2/h13H,5-12H2,1-4H3,(H,22,27). The van der Waals surface area contributed by atoms with Crippen LogP contribution in [0.4, 0.5) is 4.79 Å². The van der Waals surface area contributed by atoms with Crippen molar-refractivity contribution < 1.29 is 23.6 Å². The van der Waals surface area contributed by atoms with E-state index in [1.807, 2.05) is 6.92 Å². The van der Waals surface area contributed by atoms with Gasteiger partial charge in [0, 0.05) is 6.42 Å². The van der Waals surface area contributed by atoms with Crippen molar-refractivity contribution in [2.75, 3.05) is 6.54 Å². The van der Waals surface area contributed by atoms with Gasteiger partial charge in [-0.25, -0.2) is 4.79 Å². The second-order valence-electron chi connectivity index (χ2n) is 8.64. The number of aryl methyl sites for hydroxylation is 1. The predicted molar refractivity (Wildman–Crippen MR) is 102 cm³/mol. The Morgan fingerprint density at radius 2 is 2.00 bits per heavy atom. The molecule has 0 bridgehead atoms. The fraction of sp³-hybridized carbons (Fsp3) is 0.750. The number of ether oxygens (including phenoxy) is 1. The first-order valence-corrected chi connectivity index (χ1v) is 10.3. The van der Waals surface area contributed by atoms with E-state index in [4.69, 9.17) is 9.26 Å². The Kier molecular flexibility index (Phi) is 5.95. The van der Waals surface area contributed by atoms with E-state index in [1.165, 1.54) is 0 Å². The molecular weight excluding hydrogens is 376 g/mol. The topological polar surface area (TPSA) is 115 Å². The van der Waals surface area contributed by atoms with E-state index < -0.39 is 24.1 Å². The Morgan fingerprint density at radius 1 is 1.31 bits per heavy atom. The lowest BCUT2D eigenvalue weighted by molar-refractivity contribution is -0.149. The van der Waals surface area contributed by atoms with Crippen LogP contribution in [-0.4, -0.2) is 45.0 Å². The van der Waals surface area contributed by atoms with Crippen LogP contribution in [0.5, 0.6) is 0 Å². The van der Waals surface area contributed by atoms with Gasteiger partial charge in [-0.1, -0.05) is 39.3 Å². The van der Waals surface area contributed by atoms with Crippen molar-refractivity contribution in [2.24, 2.45) is 11.3 Å². The van der Waals surface area contributed by atoms with Crippen molar-refractivity contribution in [1.82, 2.24) is 20.4 Å². The average Bonchev–Trinajstić information content (AvgIpc) is 3.25. The van der Waals surface area contributed by atoms with Crippen LogP contribution in [0.2, 0.25) is 0 Å². The molecule has 3 amide bonds. The maximum atomic E-state index is 13.0. The molecule has 1 aromatic heterocycles. The number of aromatic nitrogens is 2. The smallest absolute Gasteiger partial charge is 0.326 e. The lowest BCUT2D eigenvalue weighted by Gasteiger charge is -2.42. The first-order chi connectivity index (χ1) is 13.7. The largest absolute Gasteiger partial charge is 0.454 e. The second kappa shape index (κ2) is 8.12. The van der Waals surface area contributed by atoms with Gasteiger partial charge in [0.25, 0.3) is 11.8 Å². The van der Waals surface area contributed by atoms with Gasteiger partial charge >= 0.3 is 12.0 Å². The minimum Gasteiger partial charge on any atom is -0.454 e. The Hall–Kier alpha value is -2.45. The maximum Gasteiger partial charge on any atom is 0.326 e. The Morgan fingerprint density at radius 3 is 2.59 bits per heavy atom. The van der Waals surface area contributed by atoms with Crippen molar-refractivity contribution in [1.29, 1.82) is 0 Å². The minimum absolute atomic E-state index is 0.181. The van der Waals surface area contributed by atoms with Crippen molar-refractivity contribution in [3.63, 3.8) is 0 Å². The molecule has 0 atom stereocenters. The highest BCUT2D eigenvalue weighted by Gasteiger charge is 2.53. The van der Waals surface area contributed by atoms with Crippen LogP contribution in [0.15, 0.2) is 4.52 Å². The molecule has 1 aliphatic carbocycles. The van der Waals surface area contributed by atoms with Gasteiger partial charge < -0.3 is 14.6 Å². The Balaban J connectivity index is 1.56. The van der Waals surface area contributed by atoms with E-state index in [1.54, 1.807) is 0 Å². The van der Waals surface area contributed by atoms with E-state index in [0.29, 0.717) is 31.0 Å². The Bertz CT molecular complexity index is 780. The van der Waals surface area contributed by atoms with Crippen LogP contribution in [0.1, 0.15) is 71.5 Å². The molecule has 9 heteroatoms. The number of carbonyl (C=O) groups excluding carboxylic acids is 3. The molecule has 2 heterocycles. The van der Waals surface area contributed by atoms with Crippen LogP contribution in [0.25, 0.3) is 0 Å². The predicted octanol–water partition coefficient (Wildman–Crippen LogP) is 2.59. The van der Waals surface area contributed by atoms with Crippen LogP contribution >= 0.6 is 0 Å². The molecule has 1 aromatic rings. The summed E-state index contributed by atoms with van der Waals surface area (Å²) in [5, 5.41) is 6.56. The fourth-order valence-corrected chi connectivity index (χ4v) is 4.15. The molecule has 0 radical (unpaired) electrons. The lowest BCUT2D eigenvalue weighted by atomic mass is 9.65. The summed E-state index contributed by atoms with van der Waals surface area (Å²) in [6.07, 6.45) is 4.63. The number of esters is 1. The molecule has 29 heavy (non-hydrogen) atoms. The quantitative estimate of drug-likeness (QED) is 0.547. The van der Waals surface area contributed by atoms with E-state index in [0.717, 1.165) is 24.2 Å². The zero-order valence-electron chi connectivity index (χ0n) is 17.6. The van der Waals surface area contributed by atoms with Crippen LogP contribution in [-0.2, 0) is 27.4 Å². The van der Waals surface area contributed by atoms with Gasteiger partial charge in [0.2, 0.25) is 0 Å². The summed E-state index contributed by atoms with van der Waals surface area (Å²) < 4.78 is 10.0. The number of hydrogen-bond donors (Lipinski definition) is 1. The zero-order chi connectivity index (χ0) is 21.2. The molecule has 2 aliphatic rings. The van der Waals surface area contributed by atoms with Gasteiger partial charge in [-0.15, -0.1) is 0 Å². The maximum absolute atomic E-state index is 13.0. The molecule has 1 saturated carbocycles. The highest BCUT2D eigenvalue weighted by Crippen LogP contribution is 2.45. The zero-order valence-corrected chi connectivity index (χ0v) is 17.6. The highest BCUT2D eigenvalue weighted by molar-refractivity contribution is 6.08. The summed E-state index contributed by atoms with van der Waals surface area (Å²) >= 11 is 0. The number of rotatable bonds is 7. The third kappa shape index (κ3) is 4.28. The molecule has 3 rings (SSSR count). The molecule has 1 spiro atoms. The number of imide groups is 1. The summed E-state index contributed by atoms with van der Waals surface area (Å²) in [4.78, 5) is 42.5. The lowest BCUT2D eigenvalue weighted by Crippen LogP contribution is -2.51. The number of nitrogens with zero attached hydrogens (tertiary/aromatic N) is 3. The molecule has 160 valence electrons. The van der Waals surface area contributed by atoms with Crippen molar-refractivity contribution in [3.8, 4) is 0 Å². The number of nitrogens with one attached hydrogen (secondary N) is 1. The van der Waals surface area contributed by atoms with E-state index >= 15 is 0 Å². The van der Waals surface area contributed by atoms with Crippen molar-refractivity contribution >= 4 is 17.9 Å². The SMILES string of the molecule is CCc1noc(COC(=O)CN2C(=O)NC3(CCC(C(C)(C)CC)CC3)C2=O)n1. The monoisotopic (exact) mass is 406 g/mol. The average molecular weight is 406 g/mol. The van der Waals surface area contributed by atoms with Gasteiger partial charge in [-0.2, -0.15) is 4.98 Å². The van der Waals surface area contributed by atoms with Gasteiger partial charge in [0.05, 0.1) is 0 Å². The normalized spacial score (nSPS) is 24.8. The number of carbonyl (C=O) groups is 3. The van der Waals surface area contributed by atoms with E-state index in [9.17, 15) is 14.4 Å². The van der Waals surface area contributed by atoms with Gasteiger partial charge in [-0.3, -0.25) is 14.5 Å². The number of amides is 3. The molecule has 1 saturated heterocycles. The van der Waals surface area contributed by atoms with Gasteiger partial charge in [0.15, 0.2) is 12.4 Å². The molecule has 9 nitrogen and oxygen atoms in total. The number of urea groups is 1. The molecular formula is C20H30N4O5. The van der Waals surface area contributed by atoms with Crippen LogP contribution in [0.3, 0.4) is 0 Å². The molecule has 0 unspecified atom stereocenters. The van der Waals surface area contributed by atoms with Gasteiger partial charge in [0.1, 0.15) is 12.1 Å². The summed E-state index contributed by atoms with van der Waals surface area (Å²) in [6, 6.07) is -0.536. The summed E-state index contributed by atoms with van der Waals surface area (Å²) in [7, 11) is 0. The first kappa shape index (κ1) is 21.3. The number of hydrogen-bond acceptors (Lipinski definition) is 7. The van der Waals surface area contributed by atoms with Crippen LogP contribution in [0, 0.1) is 11.3 Å². The van der Waals surface area contributed by atoms with Crippen molar-refractivity contribution in [3.05, 3.63) is 11.7 Å². The Labute approximate surface area is 170 Å². The fourth-order valence-electron chi connectivity index (χ4n) is 4.15. The summed E-state index contributed by atoms with van der Waals surface area (Å²) in [5.41, 5.74) is -0.677. The first-order valence-electron chi connectivity index (χ1n) is 10.3. The molecule has 0 aromatic carbocycles. The third-order valence-corrected chi connectivity index (χ3v) is 6.57. The molecule has 1 aliphatic heterocycles. The minimum atomic E-state index is -0.889. The summed E-state index contributed by atoms with van der Waals surface area (Å²) in [5.74, 6) is 0.194. The van der Waals surface area contributed by atoms with Crippen LogP contribution < -0.4 is 5.32 Å². The molecule has 2 fully saturated rings. The van der Waals surface area contributed by atoms with Gasteiger partial charge in [-0.05, 0) is 37.0 Å². The molecule has 1 N–H and O–H groups in total. The van der Waals surface area contributed by atoms with E-state index in [2.05, 4.69) is 36.2 Å². The summed E-state index contributed by atoms with van der Waals surface area (Å²) in [6.45, 7) is 7.95. The third-order valence-electron chi connectivity index (χ3n) is 6.57. The highest BCUT2D eigenvalue weighted by atomic mass is 16.6. The second-order valence-corrected chi connectivity index (χ2v) is 8.64. The van der Waals surface area contributed by atoms with E-state index in [-0.39, 0.29) is 23.8 Å². The van der Waals surface area contributed by atoms with Crippen molar-refractivity contribution in [2.45, 2.75) is 78.4 Å².